The maximum absolute atomic E-state index is 13.3. The predicted molar refractivity (Wildman–Crippen MR) is 141 cm³/mol. The van der Waals surface area contributed by atoms with Crippen molar-refractivity contribution in [2.24, 2.45) is 5.92 Å². The maximum atomic E-state index is 13.3. The summed E-state index contributed by atoms with van der Waals surface area (Å²) in [6.07, 6.45) is 2.94. The van der Waals surface area contributed by atoms with Crippen LogP contribution in [0.2, 0.25) is 10.0 Å². The van der Waals surface area contributed by atoms with E-state index in [1.165, 1.54) is 11.3 Å². The van der Waals surface area contributed by atoms with E-state index in [0.717, 1.165) is 16.9 Å². The molecular weight excluding hydrogens is 503 g/mol. The Bertz CT molecular complexity index is 1370. The van der Waals surface area contributed by atoms with Crippen LogP contribution in [0.15, 0.2) is 54.2 Å². The molecule has 1 N–H and O–H groups in total. The lowest BCUT2D eigenvalue weighted by Gasteiger charge is -2.18. The number of rotatable bonds is 7. The van der Waals surface area contributed by atoms with E-state index in [0.29, 0.717) is 45.3 Å². The standard InChI is InChI=1S/C26H22Cl2N4O2S/c1-15(2)9-10-32-22-6-4-3-5-19(22)23(25(32)34)20(13-29)24(33)31-26-30-14-18(35-26)12-16-11-17(27)7-8-21(16)28/h3-8,11,14-15H,9-10,12H2,1-2H3,(H,30,31,33). The number of aromatic nitrogens is 1. The van der Waals surface area contributed by atoms with Gasteiger partial charge >= 0.3 is 0 Å². The van der Waals surface area contributed by atoms with Crippen LogP contribution >= 0.6 is 34.5 Å². The van der Waals surface area contributed by atoms with E-state index >= 15 is 0 Å². The van der Waals surface area contributed by atoms with Crippen LogP contribution < -0.4 is 10.2 Å². The van der Waals surface area contributed by atoms with Gasteiger partial charge in [0.2, 0.25) is 0 Å². The number of amides is 2. The van der Waals surface area contributed by atoms with Gasteiger partial charge in [-0.05, 0) is 42.2 Å². The Labute approximate surface area is 217 Å². The summed E-state index contributed by atoms with van der Waals surface area (Å²) >= 11 is 13.6. The number of hydrogen-bond donors (Lipinski definition) is 1. The molecule has 0 spiro atoms. The number of benzene rings is 2. The molecule has 0 fully saturated rings. The van der Waals surface area contributed by atoms with Crippen molar-refractivity contribution in [3.8, 4) is 6.07 Å². The SMILES string of the molecule is CC(C)CCN1C(=O)C(=C(C#N)C(=O)Nc2ncc(Cc3cc(Cl)ccc3Cl)s2)c2ccccc21. The fourth-order valence-corrected chi connectivity index (χ4v) is 5.03. The number of nitrogens with one attached hydrogen (secondary N) is 1. The summed E-state index contributed by atoms with van der Waals surface area (Å²) in [5.74, 6) is -0.602. The average molecular weight is 525 g/mol. The lowest BCUT2D eigenvalue weighted by Crippen LogP contribution is -2.29. The van der Waals surface area contributed by atoms with Crippen LogP contribution in [0.5, 0.6) is 0 Å². The molecule has 0 bridgehead atoms. The van der Waals surface area contributed by atoms with Crippen LogP contribution in [0.4, 0.5) is 10.8 Å². The number of halogens is 2. The number of hydrogen-bond acceptors (Lipinski definition) is 5. The first-order valence-electron chi connectivity index (χ1n) is 11.0. The predicted octanol–water partition coefficient (Wildman–Crippen LogP) is 6.35. The summed E-state index contributed by atoms with van der Waals surface area (Å²) in [5.41, 5.74) is 2.03. The van der Waals surface area contributed by atoms with Crippen molar-refractivity contribution in [3.63, 3.8) is 0 Å². The summed E-state index contributed by atoms with van der Waals surface area (Å²) in [7, 11) is 0. The summed E-state index contributed by atoms with van der Waals surface area (Å²) in [6.45, 7) is 4.68. The van der Waals surface area contributed by atoms with Gasteiger partial charge < -0.3 is 4.90 Å². The number of para-hydroxylation sites is 1. The second kappa shape index (κ2) is 10.6. The molecule has 2 amide bonds. The Morgan fingerprint density at radius 2 is 2.00 bits per heavy atom. The molecule has 0 saturated carbocycles. The van der Waals surface area contributed by atoms with E-state index in [1.807, 2.05) is 18.2 Å². The normalized spacial score (nSPS) is 14.2. The fourth-order valence-electron chi connectivity index (χ4n) is 3.82. The molecule has 1 aliphatic heterocycles. The zero-order valence-electron chi connectivity index (χ0n) is 19.1. The lowest BCUT2D eigenvalue weighted by atomic mass is 10.0. The number of thiazole rings is 1. The van der Waals surface area contributed by atoms with E-state index in [1.54, 1.807) is 41.4 Å². The number of anilines is 2. The first-order valence-corrected chi connectivity index (χ1v) is 12.6. The fraction of sp³-hybridized carbons (Fsp3) is 0.231. The zero-order valence-corrected chi connectivity index (χ0v) is 21.5. The minimum atomic E-state index is -0.668. The molecule has 6 nitrogen and oxygen atoms in total. The van der Waals surface area contributed by atoms with E-state index in [2.05, 4.69) is 24.1 Å². The highest BCUT2D eigenvalue weighted by Crippen LogP contribution is 2.39. The molecule has 1 aromatic heterocycles. The monoisotopic (exact) mass is 524 g/mol. The highest BCUT2D eigenvalue weighted by Gasteiger charge is 2.36. The Balaban J connectivity index is 1.58. The third kappa shape index (κ3) is 5.40. The third-order valence-electron chi connectivity index (χ3n) is 5.59. The van der Waals surface area contributed by atoms with Crippen molar-refractivity contribution >= 4 is 62.7 Å². The Morgan fingerprint density at radius 3 is 2.74 bits per heavy atom. The molecule has 0 radical (unpaired) electrons. The van der Waals surface area contributed by atoms with Gasteiger partial charge in [0.05, 0.1) is 11.3 Å². The van der Waals surface area contributed by atoms with Gasteiger partial charge in [0.1, 0.15) is 11.6 Å². The molecule has 3 aromatic rings. The van der Waals surface area contributed by atoms with E-state index < -0.39 is 5.91 Å². The molecule has 0 atom stereocenters. The zero-order chi connectivity index (χ0) is 25.1. The Hall–Kier alpha value is -3.18. The van der Waals surface area contributed by atoms with Gasteiger partial charge in [-0.3, -0.25) is 14.9 Å². The Kier molecular flexibility index (Phi) is 7.56. The van der Waals surface area contributed by atoms with Gasteiger partial charge in [-0.15, -0.1) is 11.3 Å². The second-order valence-electron chi connectivity index (χ2n) is 8.52. The smallest absolute Gasteiger partial charge is 0.268 e. The molecule has 9 heteroatoms. The van der Waals surface area contributed by atoms with Crippen LogP contribution in [-0.2, 0) is 16.0 Å². The second-order valence-corrected chi connectivity index (χ2v) is 10.5. The van der Waals surface area contributed by atoms with Crippen LogP contribution in [0.1, 0.15) is 36.3 Å². The minimum absolute atomic E-state index is 0.117. The van der Waals surface area contributed by atoms with Crippen molar-refractivity contribution in [3.05, 3.63) is 80.3 Å². The van der Waals surface area contributed by atoms with Crippen LogP contribution in [0, 0.1) is 17.2 Å². The number of nitriles is 1. The first-order chi connectivity index (χ1) is 16.8. The highest BCUT2D eigenvalue weighted by atomic mass is 35.5. The molecule has 2 heterocycles. The molecule has 2 aromatic carbocycles. The molecule has 0 aliphatic carbocycles. The summed E-state index contributed by atoms with van der Waals surface area (Å²) < 4.78 is 0. The number of carbonyl (C=O) groups excluding carboxylic acids is 2. The largest absolute Gasteiger partial charge is 0.308 e. The van der Waals surface area contributed by atoms with Crippen molar-refractivity contribution in [1.82, 2.24) is 4.98 Å². The van der Waals surface area contributed by atoms with Gasteiger partial charge in [0.25, 0.3) is 11.8 Å². The van der Waals surface area contributed by atoms with Gasteiger partial charge in [-0.2, -0.15) is 5.26 Å². The van der Waals surface area contributed by atoms with Crippen molar-refractivity contribution in [1.29, 1.82) is 5.26 Å². The van der Waals surface area contributed by atoms with Crippen LogP contribution in [0.3, 0.4) is 0 Å². The summed E-state index contributed by atoms with van der Waals surface area (Å²) in [4.78, 5) is 33.2. The topological polar surface area (TPSA) is 86.1 Å². The molecule has 35 heavy (non-hydrogen) atoms. The molecule has 0 saturated heterocycles. The van der Waals surface area contributed by atoms with Gasteiger partial charge in [0, 0.05) is 39.6 Å². The summed E-state index contributed by atoms with van der Waals surface area (Å²) in [5, 5.41) is 14.0. The first kappa shape index (κ1) is 24.9. The van der Waals surface area contributed by atoms with E-state index in [9.17, 15) is 14.9 Å². The van der Waals surface area contributed by atoms with Gasteiger partial charge in [-0.25, -0.2) is 4.98 Å². The number of nitrogens with zero attached hydrogens (tertiary/aromatic N) is 3. The number of fused-ring (bicyclic) bond motifs is 1. The number of carbonyl (C=O) groups is 2. The van der Waals surface area contributed by atoms with Crippen LogP contribution in [0.25, 0.3) is 5.57 Å². The lowest BCUT2D eigenvalue weighted by molar-refractivity contribution is -0.114. The molecule has 0 unspecified atom stereocenters. The van der Waals surface area contributed by atoms with Gasteiger partial charge in [0.15, 0.2) is 5.13 Å². The average Bonchev–Trinajstić information content (AvgIpc) is 3.37. The van der Waals surface area contributed by atoms with E-state index in [4.69, 9.17) is 23.2 Å². The van der Waals surface area contributed by atoms with Crippen LogP contribution in [-0.4, -0.2) is 23.3 Å². The van der Waals surface area contributed by atoms with Crippen molar-refractivity contribution in [2.45, 2.75) is 26.7 Å². The van der Waals surface area contributed by atoms with E-state index in [-0.39, 0.29) is 17.1 Å². The Morgan fingerprint density at radius 1 is 1.23 bits per heavy atom. The highest BCUT2D eigenvalue weighted by molar-refractivity contribution is 7.15. The van der Waals surface area contributed by atoms with Crippen molar-refractivity contribution in [2.75, 3.05) is 16.8 Å². The van der Waals surface area contributed by atoms with Gasteiger partial charge in [-0.1, -0.05) is 55.2 Å². The molecule has 1 aliphatic rings. The molecule has 4 rings (SSSR count). The van der Waals surface area contributed by atoms with Crippen molar-refractivity contribution < 1.29 is 9.59 Å². The molecule has 178 valence electrons. The maximum Gasteiger partial charge on any atom is 0.268 e. The molecular formula is C26H22Cl2N4O2S. The summed E-state index contributed by atoms with van der Waals surface area (Å²) in [6, 6.07) is 14.4. The quantitative estimate of drug-likeness (QED) is 0.288. The third-order valence-corrected chi connectivity index (χ3v) is 7.11. The minimum Gasteiger partial charge on any atom is -0.308 e.